The quantitative estimate of drug-likeness (QED) is 0.863. The molecule has 0 aliphatic heterocycles. The Bertz CT molecular complexity index is 360. The van der Waals surface area contributed by atoms with Gasteiger partial charge in [0, 0.05) is 3.57 Å². The number of hydrogen-bond donors (Lipinski definition) is 1. The summed E-state index contributed by atoms with van der Waals surface area (Å²) in [6.07, 6.45) is 0.762. The molecule has 0 heterocycles. The highest BCUT2D eigenvalue weighted by molar-refractivity contribution is 14.1. The van der Waals surface area contributed by atoms with Gasteiger partial charge < -0.3 is 5.32 Å². The molecule has 74 valence electrons. The standard InChI is InChI=1S/C10H10ClIN2/c1-2-8(6-13)14-10-5-7(12)3-4-9(10)11/h3-5,8,14H,2H2,1H3. The summed E-state index contributed by atoms with van der Waals surface area (Å²) in [6, 6.07) is 7.69. The van der Waals surface area contributed by atoms with Gasteiger partial charge in [-0.25, -0.2) is 0 Å². The zero-order valence-electron chi connectivity index (χ0n) is 7.72. The Hall–Kier alpha value is -0.470. The first-order valence-corrected chi connectivity index (χ1v) is 5.74. The van der Waals surface area contributed by atoms with Crippen LogP contribution >= 0.6 is 34.2 Å². The Labute approximate surface area is 102 Å². The minimum absolute atomic E-state index is 0.175. The van der Waals surface area contributed by atoms with Gasteiger partial charge in [-0.1, -0.05) is 18.5 Å². The van der Waals surface area contributed by atoms with Crippen LogP contribution in [-0.4, -0.2) is 6.04 Å². The molecule has 1 N–H and O–H groups in total. The third kappa shape index (κ3) is 3.03. The van der Waals surface area contributed by atoms with E-state index in [4.69, 9.17) is 16.9 Å². The number of nitrogens with one attached hydrogen (secondary N) is 1. The minimum Gasteiger partial charge on any atom is -0.369 e. The Morgan fingerprint density at radius 1 is 1.64 bits per heavy atom. The van der Waals surface area contributed by atoms with Crippen LogP contribution < -0.4 is 5.32 Å². The van der Waals surface area contributed by atoms with Crippen molar-refractivity contribution in [3.63, 3.8) is 0 Å². The summed E-state index contributed by atoms with van der Waals surface area (Å²) in [5.74, 6) is 0. The molecule has 1 atom stereocenters. The molecule has 0 spiro atoms. The lowest BCUT2D eigenvalue weighted by atomic mass is 10.2. The molecular weight excluding hydrogens is 310 g/mol. The van der Waals surface area contributed by atoms with Gasteiger partial charge in [-0.2, -0.15) is 5.26 Å². The topological polar surface area (TPSA) is 35.8 Å². The van der Waals surface area contributed by atoms with Crippen LogP contribution in [0.4, 0.5) is 5.69 Å². The molecule has 14 heavy (non-hydrogen) atoms. The summed E-state index contributed by atoms with van der Waals surface area (Å²) in [5, 5.41) is 12.5. The molecule has 1 aromatic carbocycles. The number of rotatable bonds is 3. The molecule has 1 rings (SSSR count). The fourth-order valence-electron chi connectivity index (χ4n) is 1.02. The Balaban J connectivity index is 2.86. The van der Waals surface area contributed by atoms with Gasteiger partial charge in [-0.3, -0.25) is 0 Å². The molecule has 0 bridgehead atoms. The van der Waals surface area contributed by atoms with Crippen LogP contribution in [0, 0.1) is 14.9 Å². The molecule has 1 unspecified atom stereocenters. The fourth-order valence-corrected chi connectivity index (χ4v) is 1.68. The van der Waals surface area contributed by atoms with Crippen molar-refractivity contribution in [2.45, 2.75) is 19.4 Å². The van der Waals surface area contributed by atoms with Gasteiger partial charge in [0.2, 0.25) is 0 Å². The highest BCUT2D eigenvalue weighted by Gasteiger charge is 2.06. The van der Waals surface area contributed by atoms with Crippen LogP contribution in [0.15, 0.2) is 18.2 Å². The molecule has 0 saturated heterocycles. The number of halogens is 2. The van der Waals surface area contributed by atoms with Crippen LogP contribution in [-0.2, 0) is 0 Å². The maximum absolute atomic E-state index is 8.79. The van der Waals surface area contributed by atoms with E-state index in [2.05, 4.69) is 34.0 Å². The largest absolute Gasteiger partial charge is 0.369 e. The maximum atomic E-state index is 8.79. The third-order valence-electron chi connectivity index (χ3n) is 1.82. The minimum atomic E-state index is -0.175. The van der Waals surface area contributed by atoms with E-state index in [0.717, 1.165) is 15.7 Å². The summed E-state index contributed by atoms with van der Waals surface area (Å²) >= 11 is 8.19. The zero-order chi connectivity index (χ0) is 10.6. The van der Waals surface area contributed by atoms with Gasteiger partial charge >= 0.3 is 0 Å². The molecular formula is C10H10ClIN2. The van der Waals surface area contributed by atoms with Gasteiger partial charge in [0.1, 0.15) is 6.04 Å². The first-order chi connectivity index (χ1) is 6.67. The van der Waals surface area contributed by atoms with Crippen molar-refractivity contribution in [1.29, 1.82) is 5.26 Å². The number of nitriles is 1. The van der Waals surface area contributed by atoms with Crippen molar-refractivity contribution in [2.75, 3.05) is 5.32 Å². The highest BCUT2D eigenvalue weighted by Crippen LogP contribution is 2.24. The summed E-state index contributed by atoms with van der Waals surface area (Å²) in [7, 11) is 0. The van der Waals surface area contributed by atoms with Crippen molar-refractivity contribution in [3.05, 3.63) is 26.8 Å². The smallest absolute Gasteiger partial charge is 0.114 e. The van der Waals surface area contributed by atoms with Gasteiger partial charge in [0.15, 0.2) is 0 Å². The molecule has 4 heteroatoms. The second-order valence-corrected chi connectivity index (χ2v) is 4.51. The highest BCUT2D eigenvalue weighted by atomic mass is 127. The molecule has 0 fully saturated rings. The second kappa shape index (κ2) is 5.42. The number of benzene rings is 1. The average molecular weight is 321 g/mol. The fraction of sp³-hybridized carbons (Fsp3) is 0.300. The molecule has 0 aliphatic carbocycles. The monoisotopic (exact) mass is 320 g/mol. The van der Waals surface area contributed by atoms with E-state index in [-0.39, 0.29) is 6.04 Å². The first-order valence-electron chi connectivity index (χ1n) is 4.28. The summed E-state index contributed by atoms with van der Waals surface area (Å²) < 4.78 is 1.10. The molecule has 2 nitrogen and oxygen atoms in total. The summed E-state index contributed by atoms with van der Waals surface area (Å²) in [4.78, 5) is 0. The van der Waals surface area contributed by atoms with Crippen LogP contribution in [0.25, 0.3) is 0 Å². The number of nitrogens with zero attached hydrogens (tertiary/aromatic N) is 1. The van der Waals surface area contributed by atoms with E-state index in [1.807, 2.05) is 25.1 Å². The molecule has 0 aliphatic rings. The molecule has 1 aromatic rings. The Morgan fingerprint density at radius 2 is 2.36 bits per heavy atom. The normalized spacial score (nSPS) is 11.9. The number of anilines is 1. The molecule has 0 amide bonds. The van der Waals surface area contributed by atoms with E-state index < -0.39 is 0 Å². The van der Waals surface area contributed by atoms with E-state index in [1.54, 1.807) is 0 Å². The van der Waals surface area contributed by atoms with Crippen molar-refractivity contribution < 1.29 is 0 Å². The van der Waals surface area contributed by atoms with Crippen molar-refractivity contribution in [1.82, 2.24) is 0 Å². The average Bonchev–Trinajstić information content (AvgIpc) is 2.19. The Kier molecular flexibility index (Phi) is 4.49. The van der Waals surface area contributed by atoms with Crippen molar-refractivity contribution in [2.24, 2.45) is 0 Å². The van der Waals surface area contributed by atoms with Gasteiger partial charge in [0.05, 0.1) is 16.8 Å². The lowest BCUT2D eigenvalue weighted by Crippen LogP contribution is -2.15. The molecule has 0 radical (unpaired) electrons. The van der Waals surface area contributed by atoms with E-state index in [9.17, 15) is 0 Å². The lowest BCUT2D eigenvalue weighted by Gasteiger charge is -2.12. The first kappa shape index (κ1) is 11.6. The second-order valence-electron chi connectivity index (χ2n) is 2.86. The molecule has 0 aromatic heterocycles. The van der Waals surface area contributed by atoms with Gasteiger partial charge in [-0.05, 0) is 47.2 Å². The van der Waals surface area contributed by atoms with Crippen LogP contribution in [0.5, 0.6) is 0 Å². The van der Waals surface area contributed by atoms with Crippen LogP contribution in [0.3, 0.4) is 0 Å². The van der Waals surface area contributed by atoms with Crippen molar-refractivity contribution in [3.8, 4) is 6.07 Å². The van der Waals surface area contributed by atoms with Gasteiger partial charge in [0.25, 0.3) is 0 Å². The van der Waals surface area contributed by atoms with Crippen molar-refractivity contribution >= 4 is 39.9 Å². The lowest BCUT2D eigenvalue weighted by molar-refractivity contribution is 0.845. The summed E-state index contributed by atoms with van der Waals surface area (Å²) in [6.45, 7) is 1.96. The maximum Gasteiger partial charge on any atom is 0.114 e. The van der Waals surface area contributed by atoms with E-state index in [0.29, 0.717) is 5.02 Å². The van der Waals surface area contributed by atoms with E-state index in [1.165, 1.54) is 0 Å². The van der Waals surface area contributed by atoms with Gasteiger partial charge in [-0.15, -0.1) is 0 Å². The number of hydrogen-bond acceptors (Lipinski definition) is 2. The molecule has 0 saturated carbocycles. The summed E-state index contributed by atoms with van der Waals surface area (Å²) in [5.41, 5.74) is 0.826. The SMILES string of the molecule is CCC(C#N)Nc1cc(I)ccc1Cl. The predicted molar refractivity (Wildman–Crippen MR) is 67.5 cm³/mol. The van der Waals surface area contributed by atoms with Crippen LogP contribution in [0.2, 0.25) is 5.02 Å². The third-order valence-corrected chi connectivity index (χ3v) is 2.82. The zero-order valence-corrected chi connectivity index (χ0v) is 10.6. The van der Waals surface area contributed by atoms with E-state index >= 15 is 0 Å². The van der Waals surface area contributed by atoms with Crippen LogP contribution in [0.1, 0.15) is 13.3 Å². The predicted octanol–water partition coefficient (Wildman–Crippen LogP) is 3.66. The Morgan fingerprint density at radius 3 is 2.93 bits per heavy atom.